The Kier molecular flexibility index (Phi) is 7.86. The SMILES string of the molecule is CCOCc1ccc(C(=O)NCCCCNC)cc1. The Labute approximate surface area is 115 Å². The molecule has 106 valence electrons. The standard InChI is InChI=1S/C15H24N2O2/c1-3-19-12-13-6-8-14(9-7-13)15(18)17-11-5-4-10-16-2/h6-9,16H,3-5,10-12H2,1-2H3,(H,17,18). The molecule has 0 atom stereocenters. The fourth-order valence-corrected chi connectivity index (χ4v) is 1.70. The van der Waals surface area contributed by atoms with Gasteiger partial charge >= 0.3 is 0 Å². The maximum Gasteiger partial charge on any atom is 0.251 e. The molecule has 0 radical (unpaired) electrons. The highest BCUT2D eigenvalue weighted by Gasteiger charge is 2.04. The molecule has 4 heteroatoms. The quantitative estimate of drug-likeness (QED) is 0.670. The molecule has 1 rings (SSSR count). The lowest BCUT2D eigenvalue weighted by Crippen LogP contribution is -2.25. The molecule has 0 saturated heterocycles. The lowest BCUT2D eigenvalue weighted by Gasteiger charge is -2.06. The van der Waals surface area contributed by atoms with Gasteiger partial charge < -0.3 is 15.4 Å². The van der Waals surface area contributed by atoms with Gasteiger partial charge in [0.1, 0.15) is 0 Å². The van der Waals surface area contributed by atoms with E-state index in [1.165, 1.54) is 0 Å². The number of hydrogen-bond donors (Lipinski definition) is 2. The van der Waals surface area contributed by atoms with Crippen molar-refractivity contribution in [1.29, 1.82) is 0 Å². The first kappa shape index (κ1) is 15.7. The number of hydrogen-bond acceptors (Lipinski definition) is 3. The molecule has 0 saturated carbocycles. The number of amides is 1. The summed E-state index contributed by atoms with van der Waals surface area (Å²) in [6, 6.07) is 7.56. The normalized spacial score (nSPS) is 10.4. The lowest BCUT2D eigenvalue weighted by molar-refractivity contribution is 0.0952. The fourth-order valence-electron chi connectivity index (χ4n) is 1.70. The molecule has 0 aliphatic rings. The Morgan fingerprint density at radius 2 is 1.84 bits per heavy atom. The van der Waals surface area contributed by atoms with Crippen molar-refractivity contribution in [2.75, 3.05) is 26.7 Å². The van der Waals surface area contributed by atoms with E-state index in [0.717, 1.165) is 31.5 Å². The molecule has 4 nitrogen and oxygen atoms in total. The van der Waals surface area contributed by atoms with Crippen molar-refractivity contribution in [3.05, 3.63) is 35.4 Å². The van der Waals surface area contributed by atoms with Gasteiger partial charge in [0.05, 0.1) is 6.61 Å². The molecular weight excluding hydrogens is 240 g/mol. The minimum absolute atomic E-state index is 0.00702. The molecule has 0 unspecified atom stereocenters. The first-order valence-electron chi connectivity index (χ1n) is 6.87. The Balaban J connectivity index is 2.32. The number of rotatable bonds is 9. The van der Waals surface area contributed by atoms with Gasteiger partial charge in [-0.3, -0.25) is 4.79 Å². The minimum Gasteiger partial charge on any atom is -0.377 e. The van der Waals surface area contributed by atoms with Crippen molar-refractivity contribution < 1.29 is 9.53 Å². The maximum atomic E-state index is 11.8. The van der Waals surface area contributed by atoms with Gasteiger partial charge in [-0.2, -0.15) is 0 Å². The van der Waals surface area contributed by atoms with Crippen molar-refractivity contribution in [2.24, 2.45) is 0 Å². The largest absolute Gasteiger partial charge is 0.377 e. The topological polar surface area (TPSA) is 50.4 Å². The highest BCUT2D eigenvalue weighted by molar-refractivity contribution is 5.94. The van der Waals surface area contributed by atoms with Gasteiger partial charge in [0, 0.05) is 18.7 Å². The van der Waals surface area contributed by atoms with Crippen LogP contribution in [0.5, 0.6) is 0 Å². The summed E-state index contributed by atoms with van der Waals surface area (Å²) < 4.78 is 5.32. The van der Waals surface area contributed by atoms with Crippen molar-refractivity contribution in [2.45, 2.75) is 26.4 Å². The zero-order valence-electron chi connectivity index (χ0n) is 11.9. The molecule has 19 heavy (non-hydrogen) atoms. The van der Waals surface area contributed by atoms with Gasteiger partial charge in [-0.05, 0) is 51.1 Å². The van der Waals surface area contributed by atoms with E-state index in [9.17, 15) is 4.79 Å². The predicted octanol–water partition coefficient (Wildman–Crippen LogP) is 1.95. The zero-order valence-corrected chi connectivity index (χ0v) is 11.9. The molecule has 0 aliphatic heterocycles. The van der Waals surface area contributed by atoms with E-state index in [2.05, 4.69) is 10.6 Å². The molecule has 1 aromatic rings. The molecule has 0 fully saturated rings. The Morgan fingerprint density at radius 1 is 1.16 bits per heavy atom. The second-order valence-electron chi connectivity index (χ2n) is 4.40. The van der Waals surface area contributed by atoms with Crippen LogP contribution in [0.4, 0.5) is 0 Å². The maximum absolute atomic E-state index is 11.8. The van der Waals surface area contributed by atoms with Crippen LogP contribution >= 0.6 is 0 Å². The highest BCUT2D eigenvalue weighted by atomic mass is 16.5. The van der Waals surface area contributed by atoms with Gasteiger partial charge in [-0.25, -0.2) is 0 Å². The summed E-state index contributed by atoms with van der Waals surface area (Å²) in [7, 11) is 1.93. The number of nitrogens with one attached hydrogen (secondary N) is 2. The summed E-state index contributed by atoms with van der Waals surface area (Å²) in [5, 5.41) is 6.01. The fraction of sp³-hybridized carbons (Fsp3) is 0.533. The average Bonchev–Trinajstić information content (AvgIpc) is 2.45. The molecule has 0 bridgehead atoms. The third-order valence-corrected chi connectivity index (χ3v) is 2.83. The number of benzene rings is 1. The summed E-state index contributed by atoms with van der Waals surface area (Å²) in [5.41, 5.74) is 1.79. The number of ether oxygens (including phenoxy) is 1. The van der Waals surface area contributed by atoms with Crippen molar-refractivity contribution >= 4 is 5.91 Å². The third-order valence-electron chi connectivity index (χ3n) is 2.83. The summed E-state index contributed by atoms with van der Waals surface area (Å²) in [6.07, 6.45) is 2.07. The molecule has 1 aromatic carbocycles. The third kappa shape index (κ3) is 6.36. The van der Waals surface area contributed by atoms with Crippen molar-refractivity contribution in [3.63, 3.8) is 0 Å². The van der Waals surface area contributed by atoms with E-state index in [1.54, 1.807) is 0 Å². The second kappa shape index (κ2) is 9.53. The smallest absolute Gasteiger partial charge is 0.251 e. The number of carbonyl (C=O) groups is 1. The molecule has 2 N–H and O–H groups in total. The van der Waals surface area contributed by atoms with Gasteiger partial charge in [0.15, 0.2) is 0 Å². The lowest BCUT2D eigenvalue weighted by atomic mass is 10.1. The minimum atomic E-state index is -0.00702. The van der Waals surface area contributed by atoms with Crippen molar-refractivity contribution in [1.82, 2.24) is 10.6 Å². The molecule has 1 amide bonds. The highest BCUT2D eigenvalue weighted by Crippen LogP contribution is 2.05. The molecular formula is C15H24N2O2. The first-order chi connectivity index (χ1) is 9.27. The van der Waals surface area contributed by atoms with E-state index in [-0.39, 0.29) is 5.91 Å². The van der Waals surface area contributed by atoms with E-state index in [0.29, 0.717) is 18.8 Å². The van der Waals surface area contributed by atoms with Crippen LogP contribution in [-0.4, -0.2) is 32.7 Å². The Hall–Kier alpha value is -1.39. The Morgan fingerprint density at radius 3 is 2.47 bits per heavy atom. The molecule has 0 heterocycles. The van der Waals surface area contributed by atoms with Crippen LogP contribution in [0, 0.1) is 0 Å². The summed E-state index contributed by atoms with van der Waals surface area (Å²) in [6.45, 7) is 4.98. The number of carbonyl (C=O) groups excluding carboxylic acids is 1. The second-order valence-corrected chi connectivity index (χ2v) is 4.40. The van der Waals surface area contributed by atoms with Gasteiger partial charge in [0.25, 0.3) is 5.91 Å². The zero-order chi connectivity index (χ0) is 13.9. The molecule has 0 aromatic heterocycles. The monoisotopic (exact) mass is 264 g/mol. The summed E-state index contributed by atoms with van der Waals surface area (Å²) >= 11 is 0. The van der Waals surface area contributed by atoms with E-state index in [4.69, 9.17) is 4.74 Å². The van der Waals surface area contributed by atoms with Gasteiger partial charge in [0.2, 0.25) is 0 Å². The van der Waals surface area contributed by atoms with Crippen molar-refractivity contribution in [3.8, 4) is 0 Å². The van der Waals surface area contributed by atoms with Crippen LogP contribution in [0.2, 0.25) is 0 Å². The van der Waals surface area contributed by atoms with Crippen LogP contribution in [-0.2, 0) is 11.3 Å². The van der Waals surface area contributed by atoms with E-state index in [1.807, 2.05) is 38.2 Å². The van der Waals surface area contributed by atoms with Gasteiger partial charge in [-0.1, -0.05) is 12.1 Å². The molecule has 0 spiro atoms. The summed E-state index contributed by atoms with van der Waals surface area (Å²) in [4.78, 5) is 11.8. The van der Waals surface area contributed by atoms with Crippen LogP contribution in [0.3, 0.4) is 0 Å². The van der Waals surface area contributed by atoms with Crippen LogP contribution in [0.15, 0.2) is 24.3 Å². The molecule has 0 aliphatic carbocycles. The van der Waals surface area contributed by atoms with E-state index >= 15 is 0 Å². The first-order valence-corrected chi connectivity index (χ1v) is 6.87. The predicted molar refractivity (Wildman–Crippen MR) is 77.3 cm³/mol. The number of unbranched alkanes of at least 4 members (excludes halogenated alkanes) is 1. The average molecular weight is 264 g/mol. The summed E-state index contributed by atoms with van der Waals surface area (Å²) in [5.74, 6) is -0.00702. The Bertz CT molecular complexity index is 363. The van der Waals surface area contributed by atoms with E-state index < -0.39 is 0 Å². The van der Waals surface area contributed by atoms with Crippen LogP contribution < -0.4 is 10.6 Å². The van der Waals surface area contributed by atoms with Gasteiger partial charge in [-0.15, -0.1) is 0 Å². The van der Waals surface area contributed by atoms with Crippen LogP contribution in [0.1, 0.15) is 35.7 Å². The van der Waals surface area contributed by atoms with Crippen LogP contribution in [0.25, 0.3) is 0 Å².